The predicted molar refractivity (Wildman–Crippen MR) is 109 cm³/mol. The van der Waals surface area contributed by atoms with Gasteiger partial charge >= 0.3 is 0 Å². The summed E-state index contributed by atoms with van der Waals surface area (Å²) >= 11 is 0. The highest BCUT2D eigenvalue weighted by Gasteiger charge is 2.17. The Hall–Kier alpha value is -3.94. The van der Waals surface area contributed by atoms with Gasteiger partial charge in [-0.15, -0.1) is 0 Å². The van der Waals surface area contributed by atoms with E-state index < -0.39 is 0 Å². The molecule has 4 rings (SSSR count). The molecule has 1 amide bonds. The fourth-order valence-corrected chi connectivity index (χ4v) is 3.07. The number of aryl methyl sites for hydroxylation is 1. The van der Waals surface area contributed by atoms with Crippen LogP contribution >= 0.6 is 0 Å². The monoisotopic (exact) mass is 402 g/mol. The summed E-state index contributed by atoms with van der Waals surface area (Å²) in [7, 11) is 0. The van der Waals surface area contributed by atoms with Gasteiger partial charge in [-0.3, -0.25) is 9.78 Å². The van der Waals surface area contributed by atoms with E-state index in [1.165, 1.54) is 23.1 Å². The second kappa shape index (κ2) is 8.20. The summed E-state index contributed by atoms with van der Waals surface area (Å²) in [5.74, 6) is -0.385. The molecule has 30 heavy (non-hydrogen) atoms. The first-order chi connectivity index (χ1) is 14.5. The summed E-state index contributed by atoms with van der Waals surface area (Å²) in [6.45, 7) is 3.96. The number of halogens is 1. The average Bonchev–Trinajstić information content (AvgIpc) is 3.14. The van der Waals surface area contributed by atoms with Crippen molar-refractivity contribution < 1.29 is 9.18 Å². The number of nitrogens with zero attached hydrogens (tertiary/aromatic N) is 5. The highest BCUT2D eigenvalue weighted by Crippen LogP contribution is 2.21. The second-order valence-corrected chi connectivity index (χ2v) is 6.73. The van der Waals surface area contributed by atoms with Crippen LogP contribution in [-0.2, 0) is 6.54 Å². The number of carbonyl (C=O) groups is 1. The molecule has 0 aliphatic heterocycles. The lowest BCUT2D eigenvalue weighted by Gasteiger charge is -2.07. The van der Waals surface area contributed by atoms with Crippen LogP contribution in [0.2, 0.25) is 0 Å². The molecule has 7 nitrogen and oxygen atoms in total. The van der Waals surface area contributed by atoms with Gasteiger partial charge in [-0.05, 0) is 44.2 Å². The van der Waals surface area contributed by atoms with Crippen LogP contribution in [0.1, 0.15) is 27.4 Å². The summed E-state index contributed by atoms with van der Waals surface area (Å²) in [6, 6.07) is 13.7. The fourth-order valence-electron chi connectivity index (χ4n) is 3.07. The van der Waals surface area contributed by atoms with Crippen LogP contribution in [0.5, 0.6) is 0 Å². The molecule has 0 fully saturated rings. The molecule has 0 atom stereocenters. The number of rotatable bonds is 5. The minimum Gasteiger partial charge on any atom is -0.346 e. The maximum absolute atomic E-state index is 14.1. The Labute approximate surface area is 172 Å². The van der Waals surface area contributed by atoms with E-state index in [9.17, 15) is 9.18 Å². The van der Waals surface area contributed by atoms with Crippen molar-refractivity contribution in [2.24, 2.45) is 0 Å². The Kier molecular flexibility index (Phi) is 5.30. The second-order valence-electron chi connectivity index (χ2n) is 6.73. The van der Waals surface area contributed by atoms with E-state index in [-0.39, 0.29) is 17.7 Å². The van der Waals surface area contributed by atoms with Crippen LogP contribution in [0.15, 0.2) is 60.9 Å². The van der Waals surface area contributed by atoms with E-state index >= 15 is 0 Å². The summed E-state index contributed by atoms with van der Waals surface area (Å²) in [5.41, 5.74) is 3.45. The zero-order chi connectivity index (χ0) is 21.1. The largest absolute Gasteiger partial charge is 0.346 e. The molecule has 0 radical (unpaired) electrons. The molecule has 0 unspecified atom stereocenters. The zero-order valence-corrected chi connectivity index (χ0v) is 16.5. The van der Waals surface area contributed by atoms with Gasteiger partial charge in [0.1, 0.15) is 5.82 Å². The van der Waals surface area contributed by atoms with Crippen molar-refractivity contribution in [3.8, 4) is 17.2 Å². The molecule has 0 spiro atoms. The number of aromatic nitrogens is 5. The van der Waals surface area contributed by atoms with Crippen molar-refractivity contribution in [3.63, 3.8) is 0 Å². The Morgan fingerprint density at radius 3 is 2.70 bits per heavy atom. The third kappa shape index (κ3) is 3.93. The summed E-state index contributed by atoms with van der Waals surface area (Å²) in [4.78, 5) is 25.6. The predicted octanol–water partition coefficient (Wildman–Crippen LogP) is 3.41. The van der Waals surface area contributed by atoms with Crippen molar-refractivity contribution in [1.82, 2.24) is 30.0 Å². The molecule has 0 saturated carbocycles. The number of pyridine rings is 1. The van der Waals surface area contributed by atoms with Gasteiger partial charge in [-0.2, -0.15) is 5.10 Å². The van der Waals surface area contributed by atoms with Gasteiger partial charge in [0.15, 0.2) is 0 Å². The van der Waals surface area contributed by atoms with Gasteiger partial charge in [-0.25, -0.2) is 19.0 Å². The third-order valence-corrected chi connectivity index (χ3v) is 4.61. The maximum atomic E-state index is 14.1. The first kappa shape index (κ1) is 19.4. The number of amides is 1. The number of hydrogen-bond acceptors (Lipinski definition) is 5. The van der Waals surface area contributed by atoms with Crippen LogP contribution in [-0.4, -0.2) is 30.6 Å². The van der Waals surface area contributed by atoms with Crippen LogP contribution in [0.3, 0.4) is 0 Å². The number of nitrogens with one attached hydrogen (secondary N) is 1. The highest BCUT2D eigenvalue weighted by atomic mass is 19.1. The number of hydrogen-bond donors (Lipinski definition) is 1. The van der Waals surface area contributed by atoms with Gasteiger partial charge in [-0.1, -0.05) is 18.2 Å². The molecule has 1 N–H and O–H groups in total. The maximum Gasteiger partial charge on any atom is 0.255 e. The molecule has 0 aliphatic carbocycles. The van der Waals surface area contributed by atoms with E-state index in [0.717, 1.165) is 11.4 Å². The van der Waals surface area contributed by atoms with E-state index in [1.807, 2.05) is 25.1 Å². The molecule has 3 aromatic heterocycles. The van der Waals surface area contributed by atoms with Crippen LogP contribution in [0.4, 0.5) is 4.39 Å². The highest BCUT2D eigenvalue weighted by molar-refractivity contribution is 5.95. The van der Waals surface area contributed by atoms with Crippen molar-refractivity contribution >= 4 is 5.91 Å². The summed E-state index contributed by atoms with van der Waals surface area (Å²) in [6.07, 6.45) is 3.00. The minimum absolute atomic E-state index is 0.257. The average molecular weight is 402 g/mol. The minimum atomic E-state index is -0.371. The van der Waals surface area contributed by atoms with Crippen molar-refractivity contribution in [1.29, 1.82) is 0 Å². The lowest BCUT2D eigenvalue weighted by molar-refractivity contribution is 0.0949. The van der Waals surface area contributed by atoms with Crippen molar-refractivity contribution in [2.45, 2.75) is 20.4 Å². The van der Waals surface area contributed by atoms with Crippen LogP contribution in [0.25, 0.3) is 17.2 Å². The van der Waals surface area contributed by atoms with Crippen molar-refractivity contribution in [2.75, 3.05) is 0 Å². The molecule has 1 aromatic carbocycles. The van der Waals surface area contributed by atoms with Gasteiger partial charge < -0.3 is 5.32 Å². The lowest BCUT2D eigenvalue weighted by atomic mass is 10.1. The normalized spacial score (nSPS) is 10.8. The fraction of sp³-hybridized carbons (Fsp3) is 0.136. The Morgan fingerprint density at radius 1 is 1.07 bits per heavy atom. The molecule has 4 aromatic rings. The van der Waals surface area contributed by atoms with Gasteiger partial charge in [0.05, 0.1) is 35.4 Å². The molecular weight excluding hydrogens is 383 g/mol. The van der Waals surface area contributed by atoms with E-state index in [2.05, 4.69) is 25.4 Å². The van der Waals surface area contributed by atoms with E-state index in [0.29, 0.717) is 29.1 Å². The Balaban J connectivity index is 1.57. The van der Waals surface area contributed by atoms with Crippen LogP contribution < -0.4 is 5.32 Å². The van der Waals surface area contributed by atoms with Gasteiger partial charge in [0.25, 0.3) is 11.9 Å². The molecule has 3 heterocycles. The molecule has 150 valence electrons. The van der Waals surface area contributed by atoms with E-state index in [1.54, 1.807) is 31.2 Å². The van der Waals surface area contributed by atoms with Gasteiger partial charge in [0, 0.05) is 17.5 Å². The molecule has 0 bridgehead atoms. The first-order valence-electron chi connectivity index (χ1n) is 9.36. The molecule has 0 aliphatic rings. The number of benzene rings is 1. The van der Waals surface area contributed by atoms with Crippen LogP contribution in [0, 0.1) is 19.7 Å². The third-order valence-electron chi connectivity index (χ3n) is 4.61. The van der Waals surface area contributed by atoms with E-state index in [4.69, 9.17) is 0 Å². The summed E-state index contributed by atoms with van der Waals surface area (Å²) < 4.78 is 15.6. The number of carbonyl (C=O) groups excluding carboxylic acids is 1. The van der Waals surface area contributed by atoms with Gasteiger partial charge in [0.2, 0.25) is 0 Å². The quantitative estimate of drug-likeness (QED) is 0.553. The smallest absolute Gasteiger partial charge is 0.255 e. The molecular formula is C22H19FN6O. The Bertz CT molecular complexity index is 1220. The van der Waals surface area contributed by atoms with Crippen molar-refractivity contribution in [3.05, 3.63) is 89.4 Å². The molecule has 8 heteroatoms. The standard InChI is InChI=1S/C22H19FN6O/c1-14-6-5-7-16(27-14)12-25-21(30)18-13-26-29(15(18)2)22-24-11-10-20(28-22)17-8-3-4-9-19(17)23/h3-11,13H,12H2,1-2H3,(H,25,30). The lowest BCUT2D eigenvalue weighted by Crippen LogP contribution is -2.24. The SMILES string of the molecule is Cc1cccc(CNC(=O)c2cnn(-c3nccc(-c4ccccc4F)n3)c2C)n1. The zero-order valence-electron chi connectivity index (χ0n) is 16.5. The Morgan fingerprint density at radius 2 is 1.90 bits per heavy atom. The first-order valence-corrected chi connectivity index (χ1v) is 9.36. The summed E-state index contributed by atoms with van der Waals surface area (Å²) in [5, 5.41) is 7.10. The topological polar surface area (TPSA) is 85.6 Å². The molecule has 0 saturated heterocycles.